The number of aromatic nitrogens is 2. The topological polar surface area (TPSA) is 78.1 Å². The van der Waals surface area contributed by atoms with Gasteiger partial charge < -0.3 is 10.5 Å². The first-order valence-electron chi connectivity index (χ1n) is 5.63. The molecule has 0 amide bonds. The van der Waals surface area contributed by atoms with Crippen LogP contribution in [0.4, 0.5) is 5.82 Å². The lowest BCUT2D eigenvalue weighted by atomic mass is 10.3. The molecule has 0 spiro atoms. The first-order valence-corrected chi connectivity index (χ1v) is 6.01. The molecule has 1 fully saturated rings. The number of nitrogen functional groups attached to an aromatic ring is 1. The Kier molecular flexibility index (Phi) is 3.47. The largest absolute Gasteiger partial charge is 0.461 e. The fourth-order valence-corrected chi connectivity index (χ4v) is 1.57. The van der Waals surface area contributed by atoms with Gasteiger partial charge in [0.25, 0.3) is 0 Å². The lowest BCUT2D eigenvalue weighted by Crippen LogP contribution is -2.13. The molecule has 5 nitrogen and oxygen atoms in total. The Morgan fingerprint density at radius 2 is 2.24 bits per heavy atom. The van der Waals surface area contributed by atoms with E-state index >= 15 is 0 Å². The van der Waals surface area contributed by atoms with Crippen LogP contribution < -0.4 is 5.73 Å². The van der Waals surface area contributed by atoms with Crippen molar-refractivity contribution in [1.29, 1.82) is 0 Å². The van der Waals surface area contributed by atoms with Gasteiger partial charge in [-0.3, -0.25) is 0 Å². The zero-order chi connectivity index (χ0) is 12.4. The van der Waals surface area contributed by atoms with E-state index in [9.17, 15) is 4.79 Å². The van der Waals surface area contributed by atoms with Gasteiger partial charge in [-0.2, -0.15) is 0 Å². The maximum atomic E-state index is 11.7. The van der Waals surface area contributed by atoms with Gasteiger partial charge in [0, 0.05) is 5.92 Å². The summed E-state index contributed by atoms with van der Waals surface area (Å²) in [4.78, 5) is 20.0. The minimum atomic E-state index is -0.534. The molecule has 0 saturated heterocycles. The highest BCUT2D eigenvalue weighted by molar-refractivity contribution is 6.35. The van der Waals surface area contributed by atoms with Crippen LogP contribution in [0.2, 0.25) is 5.02 Å². The van der Waals surface area contributed by atoms with Crippen LogP contribution in [0.3, 0.4) is 0 Å². The molecule has 0 aromatic carbocycles. The third kappa shape index (κ3) is 2.66. The van der Waals surface area contributed by atoms with E-state index in [1.54, 1.807) is 0 Å². The van der Waals surface area contributed by atoms with Gasteiger partial charge >= 0.3 is 5.97 Å². The van der Waals surface area contributed by atoms with E-state index in [1.165, 1.54) is 0 Å². The fraction of sp³-hybridized carbons (Fsp3) is 0.545. The molecule has 1 aromatic rings. The van der Waals surface area contributed by atoms with Crippen molar-refractivity contribution in [3.05, 3.63) is 16.5 Å². The zero-order valence-electron chi connectivity index (χ0n) is 9.57. The molecule has 0 unspecified atom stereocenters. The predicted molar refractivity (Wildman–Crippen MR) is 64.0 cm³/mol. The first-order chi connectivity index (χ1) is 8.13. The normalized spacial score (nSPS) is 14.7. The summed E-state index contributed by atoms with van der Waals surface area (Å²) < 4.78 is 5.00. The number of nitrogens with two attached hydrogens (primary N) is 1. The van der Waals surface area contributed by atoms with Crippen molar-refractivity contribution in [2.45, 2.75) is 32.1 Å². The highest BCUT2D eigenvalue weighted by atomic mass is 35.5. The summed E-state index contributed by atoms with van der Waals surface area (Å²) in [5.41, 5.74) is 5.74. The van der Waals surface area contributed by atoms with Crippen LogP contribution in [-0.2, 0) is 4.74 Å². The second-order valence-corrected chi connectivity index (χ2v) is 4.42. The van der Waals surface area contributed by atoms with Gasteiger partial charge in [0.2, 0.25) is 0 Å². The smallest absolute Gasteiger partial charge is 0.358 e. The van der Waals surface area contributed by atoms with Gasteiger partial charge in [-0.25, -0.2) is 14.8 Å². The lowest BCUT2D eigenvalue weighted by molar-refractivity contribution is 0.0498. The van der Waals surface area contributed by atoms with Gasteiger partial charge in [0.15, 0.2) is 5.69 Å². The fourth-order valence-electron chi connectivity index (χ4n) is 1.40. The molecule has 0 radical (unpaired) electrons. The van der Waals surface area contributed by atoms with Gasteiger partial charge in [0.05, 0.1) is 6.61 Å². The lowest BCUT2D eigenvalue weighted by Gasteiger charge is -2.07. The Morgan fingerprint density at radius 1 is 1.53 bits per heavy atom. The van der Waals surface area contributed by atoms with Crippen LogP contribution in [0, 0.1) is 0 Å². The van der Waals surface area contributed by atoms with Crippen molar-refractivity contribution in [3.63, 3.8) is 0 Å². The van der Waals surface area contributed by atoms with Crippen LogP contribution in [-0.4, -0.2) is 22.5 Å². The number of carbonyl (C=O) groups is 1. The van der Waals surface area contributed by atoms with Crippen molar-refractivity contribution in [3.8, 4) is 0 Å². The number of esters is 1. The average Bonchev–Trinajstić information content (AvgIpc) is 3.13. The molecule has 2 rings (SSSR count). The number of ether oxygens (including phenoxy) is 1. The van der Waals surface area contributed by atoms with E-state index in [2.05, 4.69) is 9.97 Å². The Labute approximate surface area is 104 Å². The van der Waals surface area contributed by atoms with Crippen LogP contribution in [0.25, 0.3) is 0 Å². The highest BCUT2D eigenvalue weighted by Crippen LogP contribution is 2.39. The first kappa shape index (κ1) is 12.1. The minimum absolute atomic E-state index is 0.0783. The van der Waals surface area contributed by atoms with Crippen molar-refractivity contribution in [2.75, 3.05) is 12.3 Å². The molecule has 6 heteroatoms. The SMILES string of the molecule is CCCOC(=O)c1nc(C2CC2)nc(N)c1Cl. The Morgan fingerprint density at radius 3 is 2.82 bits per heavy atom. The monoisotopic (exact) mass is 255 g/mol. The van der Waals surface area contributed by atoms with Crippen molar-refractivity contribution in [2.24, 2.45) is 0 Å². The highest BCUT2D eigenvalue weighted by Gasteiger charge is 2.29. The Hall–Kier alpha value is -1.36. The van der Waals surface area contributed by atoms with Gasteiger partial charge in [-0.05, 0) is 19.3 Å². The predicted octanol–water partition coefficient (Wildman–Crippen LogP) is 2.16. The molecule has 0 atom stereocenters. The molecule has 1 aromatic heterocycles. The molecular weight excluding hydrogens is 242 g/mol. The molecule has 17 heavy (non-hydrogen) atoms. The number of hydrogen-bond donors (Lipinski definition) is 1. The average molecular weight is 256 g/mol. The van der Waals surface area contributed by atoms with Crippen LogP contribution in [0.1, 0.15) is 48.4 Å². The maximum absolute atomic E-state index is 11.7. The third-order valence-corrected chi connectivity index (χ3v) is 2.84. The molecule has 0 aliphatic heterocycles. The summed E-state index contributed by atoms with van der Waals surface area (Å²) in [7, 11) is 0. The van der Waals surface area contributed by atoms with E-state index < -0.39 is 5.97 Å². The number of hydrogen-bond acceptors (Lipinski definition) is 5. The summed E-state index contributed by atoms with van der Waals surface area (Å²) >= 11 is 5.91. The number of carbonyl (C=O) groups excluding carboxylic acids is 1. The van der Waals surface area contributed by atoms with Crippen LogP contribution in [0.5, 0.6) is 0 Å². The van der Waals surface area contributed by atoms with Crippen molar-refractivity contribution >= 4 is 23.4 Å². The quantitative estimate of drug-likeness (QED) is 0.834. The molecule has 0 bridgehead atoms. The minimum Gasteiger partial charge on any atom is -0.461 e. The second-order valence-electron chi connectivity index (χ2n) is 4.04. The van der Waals surface area contributed by atoms with E-state index in [0.29, 0.717) is 18.3 Å². The molecule has 92 valence electrons. The number of nitrogens with zero attached hydrogens (tertiary/aromatic N) is 2. The number of rotatable bonds is 4. The van der Waals surface area contributed by atoms with Crippen molar-refractivity contribution in [1.82, 2.24) is 9.97 Å². The summed E-state index contributed by atoms with van der Waals surface area (Å²) in [6, 6.07) is 0. The zero-order valence-corrected chi connectivity index (χ0v) is 10.3. The Bertz CT molecular complexity index is 447. The van der Waals surface area contributed by atoms with Gasteiger partial charge in [-0.1, -0.05) is 18.5 Å². The second kappa shape index (κ2) is 4.87. The molecule has 1 heterocycles. The third-order valence-electron chi connectivity index (χ3n) is 2.47. The maximum Gasteiger partial charge on any atom is 0.358 e. The molecule has 2 N–H and O–H groups in total. The van der Waals surface area contributed by atoms with Crippen molar-refractivity contribution < 1.29 is 9.53 Å². The summed E-state index contributed by atoms with van der Waals surface area (Å²) in [5.74, 6) is 0.516. The van der Waals surface area contributed by atoms with E-state index in [4.69, 9.17) is 22.1 Å². The molecule has 1 aliphatic carbocycles. The number of halogens is 1. The molecule has 1 saturated carbocycles. The standard InChI is InChI=1S/C11H14ClN3O2/c1-2-5-17-11(16)8-7(12)9(13)15-10(14-8)6-3-4-6/h6H,2-5H2,1H3,(H2,13,14,15). The number of anilines is 1. The summed E-state index contributed by atoms with van der Waals surface area (Å²) in [6.45, 7) is 2.26. The van der Waals surface area contributed by atoms with E-state index in [1.807, 2.05) is 6.92 Å². The van der Waals surface area contributed by atoms with E-state index in [0.717, 1.165) is 19.3 Å². The van der Waals surface area contributed by atoms with Gasteiger partial charge in [-0.15, -0.1) is 0 Å². The summed E-state index contributed by atoms with van der Waals surface area (Å²) in [5, 5.41) is 0.0792. The summed E-state index contributed by atoms with van der Waals surface area (Å²) in [6.07, 6.45) is 2.81. The van der Waals surface area contributed by atoms with E-state index in [-0.39, 0.29) is 16.5 Å². The van der Waals surface area contributed by atoms with Gasteiger partial charge in [0.1, 0.15) is 16.7 Å². The molecule has 1 aliphatic rings. The Balaban J connectivity index is 2.27. The van der Waals surface area contributed by atoms with Crippen LogP contribution >= 0.6 is 11.6 Å². The molecular formula is C11H14ClN3O2. The van der Waals surface area contributed by atoms with Crippen LogP contribution in [0.15, 0.2) is 0 Å².